The van der Waals surface area contributed by atoms with Crippen LogP contribution in [0.25, 0.3) is 0 Å². The van der Waals surface area contributed by atoms with E-state index in [0.717, 1.165) is 6.92 Å². The Labute approximate surface area is 174 Å². The summed E-state index contributed by atoms with van der Waals surface area (Å²) in [5.74, 6) is -3.10. The van der Waals surface area contributed by atoms with Gasteiger partial charge in [-0.15, -0.1) is 11.8 Å². The standard InChI is InChI=1S/C18H16N2O9S/c1-10(21)27-8-15(22)28-7-13-16(23)19-14(9-30-17(13)19)18(24)29-6-11-2-4-12(5-3-11)20(25)26/h2-5,9,13,17H,6-8H2,1H3/t13?,17-/m0/s1. The molecule has 158 valence electrons. The number of nitro groups is 1. The lowest BCUT2D eigenvalue weighted by Crippen LogP contribution is -2.59. The molecule has 2 aliphatic rings. The van der Waals surface area contributed by atoms with Gasteiger partial charge in [-0.25, -0.2) is 9.59 Å². The summed E-state index contributed by atoms with van der Waals surface area (Å²) in [6.07, 6.45) is 0. The number of nitrogens with zero attached hydrogens (tertiary/aromatic N) is 2. The fraction of sp³-hybridized carbons (Fsp3) is 0.333. The molecule has 3 rings (SSSR count). The van der Waals surface area contributed by atoms with Crippen LogP contribution in [0.15, 0.2) is 35.4 Å². The average Bonchev–Trinajstić information content (AvgIpc) is 3.11. The SMILES string of the molecule is CC(=O)OCC(=O)OCC1C(=O)N2C(C(=O)OCc3ccc([N+](=O)[O-])cc3)=CS[C@@H]12. The first-order valence-electron chi connectivity index (χ1n) is 8.66. The van der Waals surface area contributed by atoms with E-state index in [0.29, 0.717) is 5.56 Å². The van der Waals surface area contributed by atoms with Crippen LogP contribution in [0, 0.1) is 16.0 Å². The Morgan fingerprint density at radius 2 is 1.87 bits per heavy atom. The molecule has 0 saturated carbocycles. The summed E-state index contributed by atoms with van der Waals surface area (Å²) in [6, 6.07) is 5.55. The van der Waals surface area contributed by atoms with E-state index in [9.17, 15) is 29.3 Å². The van der Waals surface area contributed by atoms with Gasteiger partial charge in [-0.3, -0.25) is 24.6 Å². The molecule has 0 radical (unpaired) electrons. The Hall–Kier alpha value is -3.41. The first-order chi connectivity index (χ1) is 14.3. The van der Waals surface area contributed by atoms with Gasteiger partial charge in [0.1, 0.15) is 30.2 Å². The number of hydrogen-bond donors (Lipinski definition) is 0. The molecule has 1 saturated heterocycles. The van der Waals surface area contributed by atoms with Gasteiger partial charge >= 0.3 is 17.9 Å². The van der Waals surface area contributed by atoms with Crippen LogP contribution in [0.5, 0.6) is 0 Å². The number of thioether (sulfide) groups is 1. The summed E-state index contributed by atoms with van der Waals surface area (Å²) in [5, 5.41) is 11.8. The summed E-state index contributed by atoms with van der Waals surface area (Å²) in [4.78, 5) is 58.2. The highest BCUT2D eigenvalue weighted by Crippen LogP contribution is 2.45. The fourth-order valence-corrected chi connectivity index (χ4v) is 3.95. The van der Waals surface area contributed by atoms with Crippen molar-refractivity contribution >= 4 is 41.3 Å². The van der Waals surface area contributed by atoms with Crippen LogP contribution in [-0.4, -0.2) is 52.2 Å². The Bertz CT molecular complexity index is 928. The number of carbonyl (C=O) groups excluding carboxylic acids is 4. The predicted molar refractivity (Wildman–Crippen MR) is 100 cm³/mol. The van der Waals surface area contributed by atoms with Gasteiger partial charge in [0.25, 0.3) is 5.69 Å². The summed E-state index contributed by atoms with van der Waals surface area (Å²) < 4.78 is 14.6. The molecule has 30 heavy (non-hydrogen) atoms. The van der Waals surface area contributed by atoms with E-state index < -0.39 is 35.4 Å². The van der Waals surface area contributed by atoms with E-state index in [1.165, 1.54) is 46.3 Å². The normalized spacial score (nSPS) is 19.3. The van der Waals surface area contributed by atoms with Crippen LogP contribution in [0.3, 0.4) is 0 Å². The fourth-order valence-electron chi connectivity index (χ4n) is 2.75. The van der Waals surface area contributed by atoms with Gasteiger partial charge in [0.2, 0.25) is 5.91 Å². The summed E-state index contributed by atoms with van der Waals surface area (Å²) in [6.45, 7) is 0.328. The number of amides is 1. The zero-order chi connectivity index (χ0) is 21.8. The number of β-lactam (4-membered cyclic amide) rings is 1. The summed E-state index contributed by atoms with van der Waals surface area (Å²) >= 11 is 1.23. The highest BCUT2D eigenvalue weighted by Gasteiger charge is 2.54. The maximum atomic E-state index is 12.3. The number of benzene rings is 1. The number of esters is 3. The minimum absolute atomic E-state index is 0.0754. The van der Waals surface area contributed by atoms with Crippen molar-refractivity contribution in [2.24, 2.45) is 5.92 Å². The second kappa shape index (κ2) is 8.95. The molecule has 0 aromatic heterocycles. The second-order valence-electron chi connectivity index (χ2n) is 6.31. The minimum Gasteiger partial charge on any atom is -0.462 e. The highest BCUT2D eigenvalue weighted by atomic mass is 32.2. The molecular formula is C18H16N2O9S. The molecule has 2 heterocycles. The maximum absolute atomic E-state index is 12.3. The van der Waals surface area contributed by atoms with Gasteiger partial charge in [0, 0.05) is 24.5 Å². The molecule has 1 amide bonds. The minimum atomic E-state index is -0.768. The molecule has 1 aromatic carbocycles. The van der Waals surface area contributed by atoms with Crippen LogP contribution < -0.4 is 0 Å². The lowest BCUT2D eigenvalue weighted by Gasteiger charge is -2.42. The van der Waals surface area contributed by atoms with E-state index in [2.05, 4.69) is 4.74 Å². The van der Waals surface area contributed by atoms with Gasteiger partial charge in [-0.05, 0) is 17.7 Å². The van der Waals surface area contributed by atoms with Crippen molar-refractivity contribution in [2.45, 2.75) is 18.9 Å². The number of fused-ring (bicyclic) bond motifs is 1. The maximum Gasteiger partial charge on any atom is 0.355 e. The number of carbonyl (C=O) groups is 4. The molecule has 0 bridgehead atoms. The van der Waals surface area contributed by atoms with Crippen LogP contribution in [0.4, 0.5) is 5.69 Å². The van der Waals surface area contributed by atoms with Crippen molar-refractivity contribution in [3.63, 3.8) is 0 Å². The largest absolute Gasteiger partial charge is 0.462 e. The lowest BCUT2D eigenvalue weighted by molar-refractivity contribution is -0.384. The van der Waals surface area contributed by atoms with Crippen molar-refractivity contribution in [2.75, 3.05) is 13.2 Å². The number of rotatable bonds is 8. The van der Waals surface area contributed by atoms with Crippen LogP contribution >= 0.6 is 11.8 Å². The number of ether oxygens (including phenoxy) is 3. The Morgan fingerprint density at radius 1 is 1.17 bits per heavy atom. The van der Waals surface area contributed by atoms with Crippen LogP contribution in [0.1, 0.15) is 12.5 Å². The summed E-state index contributed by atoms with van der Waals surface area (Å²) in [5.41, 5.74) is 0.567. The van der Waals surface area contributed by atoms with Crippen molar-refractivity contribution in [1.82, 2.24) is 4.90 Å². The number of non-ortho nitro benzene ring substituents is 1. The van der Waals surface area contributed by atoms with Crippen molar-refractivity contribution in [3.8, 4) is 0 Å². The third-order valence-electron chi connectivity index (χ3n) is 4.28. The topological polar surface area (TPSA) is 142 Å². The molecule has 0 N–H and O–H groups in total. The molecule has 0 spiro atoms. The first-order valence-corrected chi connectivity index (χ1v) is 9.60. The molecule has 2 aliphatic heterocycles. The monoisotopic (exact) mass is 436 g/mol. The molecule has 0 aliphatic carbocycles. The second-order valence-corrected chi connectivity index (χ2v) is 7.30. The third-order valence-corrected chi connectivity index (χ3v) is 5.45. The number of hydrogen-bond acceptors (Lipinski definition) is 10. The van der Waals surface area contributed by atoms with E-state index >= 15 is 0 Å². The number of nitro benzene ring substituents is 1. The van der Waals surface area contributed by atoms with E-state index in [1.807, 2.05) is 0 Å². The van der Waals surface area contributed by atoms with E-state index in [-0.39, 0.29) is 35.9 Å². The van der Waals surface area contributed by atoms with Gasteiger partial charge in [-0.1, -0.05) is 0 Å². The van der Waals surface area contributed by atoms with E-state index in [1.54, 1.807) is 0 Å². The predicted octanol–water partition coefficient (Wildman–Crippen LogP) is 1.12. The molecule has 1 unspecified atom stereocenters. The van der Waals surface area contributed by atoms with E-state index in [4.69, 9.17) is 9.47 Å². The Kier molecular flexibility index (Phi) is 6.35. The zero-order valence-electron chi connectivity index (χ0n) is 15.6. The molecule has 1 aromatic rings. The Balaban J connectivity index is 1.47. The average molecular weight is 436 g/mol. The first kappa shape index (κ1) is 21.3. The molecule has 12 heteroatoms. The van der Waals surface area contributed by atoms with Crippen molar-refractivity contribution in [1.29, 1.82) is 0 Å². The molecular weight excluding hydrogens is 420 g/mol. The van der Waals surface area contributed by atoms with Gasteiger partial charge < -0.3 is 14.2 Å². The van der Waals surface area contributed by atoms with Gasteiger partial charge in [-0.2, -0.15) is 0 Å². The smallest absolute Gasteiger partial charge is 0.355 e. The molecule has 11 nitrogen and oxygen atoms in total. The molecule has 2 atom stereocenters. The quantitative estimate of drug-likeness (QED) is 0.191. The van der Waals surface area contributed by atoms with Crippen molar-refractivity contribution in [3.05, 3.63) is 51.0 Å². The molecule has 1 fully saturated rings. The Morgan fingerprint density at radius 3 is 2.50 bits per heavy atom. The summed E-state index contributed by atoms with van der Waals surface area (Å²) in [7, 11) is 0. The van der Waals surface area contributed by atoms with Gasteiger partial charge in [0.05, 0.1) is 4.92 Å². The van der Waals surface area contributed by atoms with Crippen LogP contribution in [0.2, 0.25) is 0 Å². The van der Waals surface area contributed by atoms with Crippen LogP contribution in [-0.2, 0) is 40.0 Å². The van der Waals surface area contributed by atoms with Gasteiger partial charge in [0.15, 0.2) is 6.61 Å². The highest BCUT2D eigenvalue weighted by molar-refractivity contribution is 8.03. The lowest BCUT2D eigenvalue weighted by atomic mass is 9.98. The zero-order valence-corrected chi connectivity index (χ0v) is 16.5. The van der Waals surface area contributed by atoms with Crippen molar-refractivity contribution < 1.29 is 38.3 Å². The third kappa shape index (κ3) is 4.59.